The van der Waals surface area contributed by atoms with Gasteiger partial charge < -0.3 is 14.7 Å². The van der Waals surface area contributed by atoms with Gasteiger partial charge >= 0.3 is 5.97 Å². The molecule has 1 aromatic rings. The van der Waals surface area contributed by atoms with Crippen molar-refractivity contribution < 1.29 is 19.4 Å². The molecular formula is C17H21NO4. The minimum Gasteiger partial charge on any atom is -0.496 e. The number of nitrogens with zero attached hydrogens (tertiary/aromatic N) is 1. The summed E-state index contributed by atoms with van der Waals surface area (Å²) in [5.41, 5.74) is 2.39. The van der Waals surface area contributed by atoms with Gasteiger partial charge in [-0.3, -0.25) is 9.59 Å². The van der Waals surface area contributed by atoms with Crippen LogP contribution in [0.25, 0.3) is 0 Å². The van der Waals surface area contributed by atoms with Crippen LogP contribution in [0.4, 0.5) is 0 Å². The number of amides is 1. The van der Waals surface area contributed by atoms with Crippen LogP contribution in [0.15, 0.2) is 18.2 Å². The maximum Gasteiger partial charge on any atom is 0.307 e. The molecule has 118 valence electrons. The van der Waals surface area contributed by atoms with Gasteiger partial charge in [0.1, 0.15) is 5.75 Å². The molecule has 1 fully saturated rings. The van der Waals surface area contributed by atoms with Gasteiger partial charge in [-0.15, -0.1) is 0 Å². The highest BCUT2D eigenvalue weighted by atomic mass is 16.5. The summed E-state index contributed by atoms with van der Waals surface area (Å²) in [6.45, 7) is 1.29. The molecule has 5 nitrogen and oxygen atoms in total. The topological polar surface area (TPSA) is 66.8 Å². The molecule has 1 heterocycles. The fraction of sp³-hybridized carbons (Fsp3) is 0.529. The number of aliphatic carboxylic acids is 1. The van der Waals surface area contributed by atoms with Crippen LogP contribution in [0.1, 0.15) is 24.0 Å². The van der Waals surface area contributed by atoms with Gasteiger partial charge in [0.05, 0.1) is 18.9 Å². The molecule has 2 aliphatic rings. The Kier molecular flexibility index (Phi) is 4.05. The van der Waals surface area contributed by atoms with Gasteiger partial charge in [0.15, 0.2) is 0 Å². The van der Waals surface area contributed by atoms with Crippen LogP contribution in [0, 0.1) is 11.8 Å². The van der Waals surface area contributed by atoms with Crippen molar-refractivity contribution in [1.29, 1.82) is 0 Å². The van der Waals surface area contributed by atoms with Gasteiger partial charge in [-0.2, -0.15) is 0 Å². The molecule has 5 heteroatoms. The number of ether oxygens (including phenoxy) is 1. The van der Waals surface area contributed by atoms with Crippen LogP contribution in [-0.4, -0.2) is 42.1 Å². The second-order valence-corrected chi connectivity index (χ2v) is 6.05. The Hall–Kier alpha value is -2.04. The Morgan fingerprint density at radius 2 is 1.91 bits per heavy atom. The van der Waals surface area contributed by atoms with Gasteiger partial charge in [0, 0.05) is 13.1 Å². The molecule has 1 aromatic carbocycles. The number of methoxy groups -OCH3 is 1. The number of carbonyl (C=O) groups excluding carboxylic acids is 1. The smallest absolute Gasteiger partial charge is 0.307 e. The largest absolute Gasteiger partial charge is 0.496 e. The van der Waals surface area contributed by atoms with Crippen LogP contribution in [0.5, 0.6) is 5.75 Å². The van der Waals surface area contributed by atoms with Gasteiger partial charge in [-0.25, -0.2) is 0 Å². The lowest BCUT2D eigenvalue weighted by molar-refractivity contribution is -0.156. The van der Waals surface area contributed by atoms with E-state index in [2.05, 4.69) is 6.07 Å². The Balaban J connectivity index is 1.72. The van der Waals surface area contributed by atoms with E-state index in [-0.39, 0.29) is 11.8 Å². The van der Waals surface area contributed by atoms with Crippen LogP contribution in [0.3, 0.4) is 0 Å². The second kappa shape index (κ2) is 5.99. The number of fused-ring (bicyclic) bond motifs is 1. The second-order valence-electron chi connectivity index (χ2n) is 6.05. The number of carboxylic acids is 1. The molecule has 0 aromatic heterocycles. The van der Waals surface area contributed by atoms with Crippen molar-refractivity contribution >= 4 is 11.9 Å². The summed E-state index contributed by atoms with van der Waals surface area (Å²) < 4.78 is 5.41. The highest BCUT2D eigenvalue weighted by molar-refractivity contribution is 5.86. The summed E-state index contributed by atoms with van der Waals surface area (Å²) in [6, 6.07) is 6.00. The van der Waals surface area contributed by atoms with E-state index in [0.29, 0.717) is 25.9 Å². The lowest BCUT2D eigenvalue weighted by atomic mass is 9.73. The standard InChI is InChI=1S/C17H21NO4/c1-22-15-4-2-3-11-7-9-18(10-8-12(11)15)16(19)13-5-6-14(13)17(20)21/h2-4,13-14H,5-10H2,1H3,(H,20,21). The predicted molar refractivity (Wildman–Crippen MR) is 80.8 cm³/mol. The molecular weight excluding hydrogens is 282 g/mol. The van der Waals surface area contributed by atoms with Gasteiger partial charge in [0.25, 0.3) is 0 Å². The fourth-order valence-corrected chi connectivity index (χ4v) is 3.48. The Morgan fingerprint density at radius 1 is 1.18 bits per heavy atom. The third-order valence-electron chi connectivity index (χ3n) is 4.95. The lowest BCUT2D eigenvalue weighted by Crippen LogP contribution is -2.46. The summed E-state index contributed by atoms with van der Waals surface area (Å²) in [4.78, 5) is 25.5. The maximum atomic E-state index is 12.6. The maximum absolute atomic E-state index is 12.6. The van der Waals surface area contributed by atoms with E-state index in [1.54, 1.807) is 7.11 Å². The summed E-state index contributed by atoms with van der Waals surface area (Å²) >= 11 is 0. The highest BCUT2D eigenvalue weighted by Gasteiger charge is 2.43. The molecule has 1 aliphatic carbocycles. The Bertz CT molecular complexity index is 598. The molecule has 2 atom stereocenters. The summed E-state index contributed by atoms with van der Waals surface area (Å²) in [5, 5.41) is 9.13. The lowest BCUT2D eigenvalue weighted by Gasteiger charge is -2.36. The number of carboxylic acid groups (broad SMARTS) is 1. The molecule has 0 spiro atoms. The van der Waals surface area contributed by atoms with Crippen LogP contribution in [0.2, 0.25) is 0 Å². The van der Waals surface area contributed by atoms with E-state index in [1.165, 1.54) is 11.1 Å². The minimum atomic E-state index is -0.843. The first-order chi connectivity index (χ1) is 10.6. The van der Waals surface area contributed by atoms with E-state index >= 15 is 0 Å². The van der Waals surface area contributed by atoms with E-state index < -0.39 is 11.9 Å². The predicted octanol–water partition coefficient (Wildman–Crippen LogP) is 1.73. The first-order valence-electron chi connectivity index (χ1n) is 7.78. The number of rotatable bonds is 3. The normalized spacial score (nSPS) is 24.0. The molecule has 1 amide bonds. The molecule has 0 bridgehead atoms. The third-order valence-corrected chi connectivity index (χ3v) is 4.95. The van der Waals surface area contributed by atoms with Gasteiger partial charge in [-0.05, 0) is 42.9 Å². The average molecular weight is 303 g/mol. The van der Waals surface area contributed by atoms with Crippen LogP contribution < -0.4 is 4.74 Å². The number of benzene rings is 1. The molecule has 1 N–H and O–H groups in total. The number of hydrogen-bond acceptors (Lipinski definition) is 3. The van der Waals surface area contributed by atoms with Crippen molar-refractivity contribution in [1.82, 2.24) is 4.90 Å². The van der Waals surface area contributed by atoms with E-state index in [1.807, 2.05) is 17.0 Å². The minimum absolute atomic E-state index is 0.00502. The van der Waals surface area contributed by atoms with Crippen LogP contribution >= 0.6 is 0 Å². The first kappa shape index (κ1) is 14.9. The van der Waals surface area contributed by atoms with E-state index in [9.17, 15) is 9.59 Å². The number of carbonyl (C=O) groups is 2. The van der Waals surface area contributed by atoms with Crippen molar-refractivity contribution in [3.05, 3.63) is 29.3 Å². The molecule has 0 saturated heterocycles. The fourth-order valence-electron chi connectivity index (χ4n) is 3.48. The highest BCUT2D eigenvalue weighted by Crippen LogP contribution is 2.36. The Labute approximate surface area is 129 Å². The van der Waals surface area contributed by atoms with Crippen molar-refractivity contribution in [2.75, 3.05) is 20.2 Å². The zero-order chi connectivity index (χ0) is 15.7. The van der Waals surface area contributed by atoms with Crippen molar-refractivity contribution in [2.45, 2.75) is 25.7 Å². The molecule has 1 aliphatic heterocycles. The molecule has 3 rings (SSSR count). The molecule has 1 saturated carbocycles. The van der Waals surface area contributed by atoms with E-state index in [0.717, 1.165) is 18.6 Å². The third kappa shape index (κ3) is 2.56. The first-order valence-corrected chi connectivity index (χ1v) is 7.78. The van der Waals surface area contributed by atoms with Crippen molar-refractivity contribution in [3.8, 4) is 5.75 Å². The summed E-state index contributed by atoms with van der Waals surface area (Å²) in [6.07, 6.45) is 2.87. The monoisotopic (exact) mass is 303 g/mol. The Morgan fingerprint density at radius 3 is 2.55 bits per heavy atom. The van der Waals surface area contributed by atoms with E-state index in [4.69, 9.17) is 9.84 Å². The number of hydrogen-bond donors (Lipinski definition) is 1. The van der Waals surface area contributed by atoms with Gasteiger partial charge in [-0.1, -0.05) is 12.1 Å². The average Bonchev–Trinajstić information content (AvgIpc) is 2.67. The summed E-state index contributed by atoms with van der Waals surface area (Å²) in [5.74, 6) is -0.790. The molecule has 22 heavy (non-hydrogen) atoms. The quantitative estimate of drug-likeness (QED) is 0.923. The van der Waals surface area contributed by atoms with Crippen molar-refractivity contribution in [3.63, 3.8) is 0 Å². The SMILES string of the molecule is COc1cccc2c1CCN(C(=O)C1CCC1C(=O)O)CC2. The van der Waals surface area contributed by atoms with Crippen molar-refractivity contribution in [2.24, 2.45) is 11.8 Å². The zero-order valence-corrected chi connectivity index (χ0v) is 12.7. The zero-order valence-electron chi connectivity index (χ0n) is 12.7. The summed E-state index contributed by atoms with van der Waals surface area (Å²) in [7, 11) is 1.66. The van der Waals surface area contributed by atoms with Gasteiger partial charge in [0.2, 0.25) is 5.91 Å². The molecule has 0 radical (unpaired) electrons. The molecule has 2 unspecified atom stereocenters. The van der Waals surface area contributed by atoms with Crippen LogP contribution in [-0.2, 0) is 22.4 Å².